The highest BCUT2D eigenvalue weighted by Gasteiger charge is 2.16. The Hall–Kier alpha value is -1.65. The van der Waals surface area contributed by atoms with Crippen molar-refractivity contribution in [3.05, 3.63) is 36.0 Å². The Balaban J connectivity index is 2.29. The fourth-order valence-corrected chi connectivity index (χ4v) is 2.39. The van der Waals surface area contributed by atoms with E-state index in [-0.39, 0.29) is 0 Å². The van der Waals surface area contributed by atoms with Gasteiger partial charge >= 0.3 is 0 Å². The molecule has 0 aliphatic carbocycles. The average Bonchev–Trinajstić information content (AvgIpc) is 2.31. The predicted octanol–water partition coefficient (Wildman–Crippen LogP) is 2.02. The van der Waals surface area contributed by atoms with Crippen LogP contribution in [0.5, 0.6) is 0 Å². The number of hydrogen-bond acceptors (Lipinski definition) is 4. The van der Waals surface area contributed by atoms with Crippen molar-refractivity contribution in [2.24, 2.45) is 0 Å². The summed E-state index contributed by atoms with van der Waals surface area (Å²) in [5, 5.41) is 10.8. The van der Waals surface area contributed by atoms with Crippen LogP contribution in [0.25, 0.3) is 10.9 Å². The molecule has 0 aliphatic heterocycles. The number of pyridine rings is 1. The van der Waals surface area contributed by atoms with Gasteiger partial charge in [-0.05, 0) is 44.7 Å². The largest absolute Gasteiger partial charge is 0.398 e. The van der Waals surface area contributed by atoms with E-state index in [1.807, 2.05) is 45.2 Å². The molecule has 0 saturated carbocycles. The summed E-state index contributed by atoms with van der Waals surface area (Å²) < 4.78 is 0. The van der Waals surface area contributed by atoms with Gasteiger partial charge in [-0.2, -0.15) is 0 Å². The molecule has 0 aliphatic rings. The van der Waals surface area contributed by atoms with Crippen molar-refractivity contribution in [2.75, 3.05) is 19.3 Å². The summed E-state index contributed by atoms with van der Waals surface area (Å²) in [5.41, 5.74) is 8.07. The third-order valence-corrected chi connectivity index (χ3v) is 2.98. The molecule has 1 heterocycles. The van der Waals surface area contributed by atoms with Gasteiger partial charge in [-0.25, -0.2) is 0 Å². The van der Waals surface area contributed by atoms with Gasteiger partial charge in [0.1, 0.15) is 0 Å². The molecule has 2 rings (SSSR count). The van der Waals surface area contributed by atoms with Crippen molar-refractivity contribution in [3.8, 4) is 0 Å². The number of benzene rings is 1. The molecule has 0 fully saturated rings. The summed E-state index contributed by atoms with van der Waals surface area (Å²) in [4.78, 5) is 6.51. The molecule has 4 nitrogen and oxygen atoms in total. The minimum Gasteiger partial charge on any atom is -0.398 e. The quantitative estimate of drug-likeness (QED) is 0.825. The van der Waals surface area contributed by atoms with E-state index in [0.29, 0.717) is 6.54 Å². The lowest BCUT2D eigenvalue weighted by atomic mass is 10.1. The fraction of sp³-hybridized carbons (Fsp3) is 0.400. The molecule has 0 spiro atoms. The van der Waals surface area contributed by atoms with Crippen LogP contribution >= 0.6 is 0 Å². The normalized spacial score (nSPS) is 12.3. The van der Waals surface area contributed by atoms with Gasteiger partial charge in [-0.1, -0.05) is 6.07 Å². The summed E-state index contributed by atoms with van der Waals surface area (Å²) in [6, 6.07) is 7.79. The third-order valence-electron chi connectivity index (χ3n) is 2.98. The van der Waals surface area contributed by atoms with Crippen LogP contribution < -0.4 is 5.73 Å². The van der Waals surface area contributed by atoms with Crippen LogP contribution in [0.15, 0.2) is 30.5 Å². The second-order valence-electron chi connectivity index (χ2n) is 5.70. The van der Waals surface area contributed by atoms with Gasteiger partial charge in [0.2, 0.25) is 0 Å². The first-order valence-corrected chi connectivity index (χ1v) is 6.40. The molecular formula is C15H21N3O. The highest BCUT2D eigenvalue weighted by atomic mass is 16.3. The Kier molecular flexibility index (Phi) is 3.73. The number of aromatic nitrogens is 1. The molecule has 3 N–H and O–H groups in total. The average molecular weight is 259 g/mol. The standard InChI is InChI=1S/C15H21N3O/c1-15(2,19)10-18(3)9-11-6-7-13(16)12-5-4-8-17-14(11)12/h4-8,19H,9-10,16H2,1-3H3. The van der Waals surface area contributed by atoms with E-state index >= 15 is 0 Å². The van der Waals surface area contributed by atoms with Gasteiger partial charge in [0.15, 0.2) is 0 Å². The van der Waals surface area contributed by atoms with E-state index in [1.165, 1.54) is 0 Å². The summed E-state index contributed by atoms with van der Waals surface area (Å²) in [6.45, 7) is 4.95. The van der Waals surface area contributed by atoms with Crippen molar-refractivity contribution in [1.29, 1.82) is 0 Å². The summed E-state index contributed by atoms with van der Waals surface area (Å²) in [7, 11) is 1.99. The van der Waals surface area contributed by atoms with Crippen molar-refractivity contribution >= 4 is 16.6 Å². The zero-order valence-corrected chi connectivity index (χ0v) is 11.7. The van der Waals surface area contributed by atoms with E-state index in [9.17, 15) is 5.11 Å². The van der Waals surface area contributed by atoms with Crippen molar-refractivity contribution in [1.82, 2.24) is 9.88 Å². The molecule has 0 amide bonds. The van der Waals surface area contributed by atoms with Crippen LogP contribution in [-0.2, 0) is 6.54 Å². The molecule has 19 heavy (non-hydrogen) atoms. The predicted molar refractivity (Wildman–Crippen MR) is 78.8 cm³/mol. The lowest BCUT2D eigenvalue weighted by Gasteiger charge is -2.25. The van der Waals surface area contributed by atoms with E-state index < -0.39 is 5.60 Å². The topological polar surface area (TPSA) is 62.4 Å². The Morgan fingerprint density at radius 2 is 2.05 bits per heavy atom. The first kappa shape index (κ1) is 13.8. The first-order chi connectivity index (χ1) is 8.87. The molecule has 0 radical (unpaired) electrons. The Morgan fingerprint density at radius 1 is 1.32 bits per heavy atom. The van der Waals surface area contributed by atoms with Crippen LogP contribution in [0.1, 0.15) is 19.4 Å². The van der Waals surface area contributed by atoms with Gasteiger partial charge in [-0.3, -0.25) is 9.88 Å². The number of aliphatic hydroxyl groups is 1. The zero-order chi connectivity index (χ0) is 14.0. The van der Waals surface area contributed by atoms with Gasteiger partial charge in [0.05, 0.1) is 11.1 Å². The monoisotopic (exact) mass is 259 g/mol. The third kappa shape index (κ3) is 3.43. The highest BCUT2D eigenvalue weighted by Crippen LogP contribution is 2.23. The van der Waals surface area contributed by atoms with Gasteiger partial charge in [0.25, 0.3) is 0 Å². The number of nitrogens with zero attached hydrogens (tertiary/aromatic N) is 2. The number of nitrogens with two attached hydrogens (primary N) is 1. The molecular weight excluding hydrogens is 238 g/mol. The van der Waals surface area contributed by atoms with Gasteiger partial charge in [-0.15, -0.1) is 0 Å². The maximum atomic E-state index is 9.85. The Labute approximate surface area is 113 Å². The SMILES string of the molecule is CN(Cc1ccc(N)c2cccnc12)CC(C)(C)O. The summed E-state index contributed by atoms with van der Waals surface area (Å²) >= 11 is 0. The van der Waals surface area contributed by atoms with Crippen LogP contribution in [0.2, 0.25) is 0 Å². The number of hydrogen-bond donors (Lipinski definition) is 2. The lowest BCUT2D eigenvalue weighted by molar-refractivity contribution is 0.0426. The Bertz CT molecular complexity index is 575. The molecule has 2 aromatic rings. The van der Waals surface area contributed by atoms with Crippen molar-refractivity contribution in [3.63, 3.8) is 0 Å². The summed E-state index contributed by atoms with van der Waals surface area (Å²) in [6.07, 6.45) is 1.78. The molecule has 0 atom stereocenters. The smallest absolute Gasteiger partial charge is 0.0767 e. The van der Waals surface area contributed by atoms with Crippen LogP contribution in [0.3, 0.4) is 0 Å². The first-order valence-electron chi connectivity index (χ1n) is 6.40. The Morgan fingerprint density at radius 3 is 2.74 bits per heavy atom. The minimum absolute atomic E-state index is 0.603. The number of nitrogen functional groups attached to an aromatic ring is 1. The van der Waals surface area contributed by atoms with Crippen LogP contribution in [0.4, 0.5) is 5.69 Å². The minimum atomic E-state index is -0.703. The van der Waals surface area contributed by atoms with Crippen LogP contribution in [-0.4, -0.2) is 34.2 Å². The molecule has 0 bridgehead atoms. The molecule has 0 unspecified atom stereocenters. The number of likely N-dealkylation sites (N-methyl/N-ethyl adjacent to an activating group) is 1. The number of anilines is 1. The molecule has 1 aromatic heterocycles. The van der Waals surface area contributed by atoms with Crippen LogP contribution in [0, 0.1) is 0 Å². The van der Waals surface area contributed by atoms with E-state index in [2.05, 4.69) is 9.88 Å². The number of rotatable bonds is 4. The second kappa shape index (κ2) is 5.15. The maximum Gasteiger partial charge on any atom is 0.0767 e. The van der Waals surface area contributed by atoms with Crippen molar-refractivity contribution in [2.45, 2.75) is 26.0 Å². The van der Waals surface area contributed by atoms with E-state index in [0.717, 1.165) is 28.7 Å². The zero-order valence-electron chi connectivity index (χ0n) is 11.7. The molecule has 1 aromatic carbocycles. The second-order valence-corrected chi connectivity index (χ2v) is 5.70. The molecule has 102 valence electrons. The van der Waals surface area contributed by atoms with Gasteiger partial charge < -0.3 is 10.8 Å². The van der Waals surface area contributed by atoms with Crippen molar-refractivity contribution < 1.29 is 5.11 Å². The van der Waals surface area contributed by atoms with Gasteiger partial charge in [0, 0.05) is 30.4 Å². The highest BCUT2D eigenvalue weighted by molar-refractivity contribution is 5.92. The van der Waals surface area contributed by atoms with E-state index in [1.54, 1.807) is 6.20 Å². The summed E-state index contributed by atoms with van der Waals surface area (Å²) in [5.74, 6) is 0. The maximum absolute atomic E-state index is 9.85. The molecule has 4 heteroatoms. The lowest BCUT2D eigenvalue weighted by Crippen LogP contribution is -2.35. The van der Waals surface area contributed by atoms with E-state index in [4.69, 9.17) is 5.73 Å². The number of fused-ring (bicyclic) bond motifs is 1. The fourth-order valence-electron chi connectivity index (χ4n) is 2.39. The molecule has 0 saturated heterocycles.